The van der Waals surface area contributed by atoms with Gasteiger partial charge >= 0.3 is 0 Å². The van der Waals surface area contributed by atoms with Crippen LogP contribution in [0.2, 0.25) is 0 Å². The van der Waals surface area contributed by atoms with E-state index in [1.807, 2.05) is 13.0 Å². The molecule has 1 aliphatic carbocycles. The molecule has 19 heavy (non-hydrogen) atoms. The van der Waals surface area contributed by atoms with Crippen molar-refractivity contribution in [1.82, 2.24) is 4.98 Å². The molecule has 1 aromatic rings. The van der Waals surface area contributed by atoms with Crippen LogP contribution in [0.4, 0.5) is 5.82 Å². The number of hydrogen-bond donors (Lipinski definition) is 1. The third kappa shape index (κ3) is 2.19. The van der Waals surface area contributed by atoms with Crippen LogP contribution in [0.15, 0.2) is 12.3 Å². The van der Waals surface area contributed by atoms with Gasteiger partial charge in [0.25, 0.3) is 0 Å². The minimum atomic E-state index is 0.363. The van der Waals surface area contributed by atoms with Crippen LogP contribution in [0, 0.1) is 30.1 Å². The van der Waals surface area contributed by atoms with Crippen LogP contribution in [0.1, 0.15) is 30.4 Å². The van der Waals surface area contributed by atoms with Crippen LogP contribution in [-0.2, 0) is 0 Å². The van der Waals surface area contributed by atoms with E-state index in [4.69, 9.17) is 5.73 Å². The molecular weight excluding hydrogens is 236 g/mol. The molecule has 0 aromatic carbocycles. The van der Waals surface area contributed by atoms with Gasteiger partial charge in [-0.2, -0.15) is 5.26 Å². The van der Waals surface area contributed by atoms with Crippen molar-refractivity contribution in [2.45, 2.75) is 32.2 Å². The van der Waals surface area contributed by atoms with Crippen LogP contribution in [-0.4, -0.2) is 24.1 Å². The van der Waals surface area contributed by atoms with Crippen LogP contribution >= 0.6 is 0 Å². The Kier molecular flexibility index (Phi) is 3.16. The zero-order chi connectivity index (χ0) is 13.4. The first kappa shape index (κ1) is 12.4. The lowest BCUT2D eigenvalue weighted by Gasteiger charge is -2.27. The second kappa shape index (κ2) is 4.82. The van der Waals surface area contributed by atoms with Crippen molar-refractivity contribution in [2.24, 2.45) is 17.6 Å². The second-order valence-corrected chi connectivity index (χ2v) is 5.94. The molecule has 3 atom stereocenters. The van der Waals surface area contributed by atoms with E-state index in [9.17, 15) is 5.26 Å². The molecule has 0 bridgehead atoms. The fourth-order valence-electron chi connectivity index (χ4n) is 3.56. The van der Waals surface area contributed by atoms with Crippen molar-refractivity contribution >= 4 is 5.82 Å². The molecule has 2 N–H and O–H groups in total. The minimum Gasteiger partial charge on any atom is -0.355 e. The molecule has 1 saturated heterocycles. The molecule has 4 heteroatoms. The number of hydrogen-bond acceptors (Lipinski definition) is 4. The Morgan fingerprint density at radius 2 is 2.16 bits per heavy atom. The van der Waals surface area contributed by atoms with E-state index >= 15 is 0 Å². The predicted octanol–water partition coefficient (Wildman–Crippen LogP) is 1.83. The maximum absolute atomic E-state index is 9.32. The quantitative estimate of drug-likeness (QED) is 0.832. The summed E-state index contributed by atoms with van der Waals surface area (Å²) in [6.07, 6.45) is 5.28. The Morgan fingerprint density at radius 1 is 1.37 bits per heavy atom. The predicted molar refractivity (Wildman–Crippen MR) is 74.7 cm³/mol. The molecule has 1 aliphatic heterocycles. The normalized spacial score (nSPS) is 29.9. The Morgan fingerprint density at radius 3 is 2.95 bits per heavy atom. The summed E-state index contributed by atoms with van der Waals surface area (Å²) < 4.78 is 0. The molecule has 1 saturated carbocycles. The third-order valence-electron chi connectivity index (χ3n) is 4.64. The largest absolute Gasteiger partial charge is 0.355 e. The summed E-state index contributed by atoms with van der Waals surface area (Å²) in [6.45, 7) is 4.01. The second-order valence-electron chi connectivity index (χ2n) is 5.94. The smallest absolute Gasteiger partial charge is 0.146 e. The summed E-state index contributed by atoms with van der Waals surface area (Å²) in [5.41, 5.74) is 7.81. The zero-order valence-corrected chi connectivity index (χ0v) is 11.3. The first-order chi connectivity index (χ1) is 9.19. The summed E-state index contributed by atoms with van der Waals surface area (Å²) in [6, 6.07) is 4.57. The molecule has 0 radical (unpaired) electrons. The molecule has 2 heterocycles. The first-order valence-corrected chi connectivity index (χ1v) is 7.05. The number of aromatic nitrogens is 1. The Balaban J connectivity index is 1.85. The first-order valence-electron chi connectivity index (χ1n) is 7.05. The maximum atomic E-state index is 9.32. The van der Waals surface area contributed by atoms with Gasteiger partial charge in [-0.15, -0.1) is 0 Å². The van der Waals surface area contributed by atoms with E-state index in [0.717, 1.165) is 48.8 Å². The van der Waals surface area contributed by atoms with Crippen LogP contribution in [0.25, 0.3) is 0 Å². The highest BCUT2D eigenvalue weighted by molar-refractivity contribution is 5.57. The number of nitrogens with zero attached hydrogens (tertiary/aromatic N) is 3. The molecule has 2 aliphatic rings. The monoisotopic (exact) mass is 256 g/mol. The van der Waals surface area contributed by atoms with Gasteiger partial charge in [0.1, 0.15) is 11.9 Å². The van der Waals surface area contributed by atoms with Crippen LogP contribution < -0.4 is 10.6 Å². The average molecular weight is 256 g/mol. The summed E-state index contributed by atoms with van der Waals surface area (Å²) in [7, 11) is 0. The third-order valence-corrected chi connectivity index (χ3v) is 4.64. The van der Waals surface area contributed by atoms with Crippen LogP contribution in [0.5, 0.6) is 0 Å². The molecule has 100 valence electrons. The molecule has 1 unspecified atom stereocenters. The number of rotatable bonds is 1. The fourth-order valence-corrected chi connectivity index (χ4v) is 3.56. The van der Waals surface area contributed by atoms with Crippen molar-refractivity contribution < 1.29 is 0 Å². The Hall–Kier alpha value is -1.60. The number of pyridine rings is 1. The molecule has 3 rings (SSSR count). The van der Waals surface area contributed by atoms with Crippen molar-refractivity contribution in [3.63, 3.8) is 0 Å². The van der Waals surface area contributed by atoms with Crippen molar-refractivity contribution in [3.05, 3.63) is 23.4 Å². The maximum Gasteiger partial charge on any atom is 0.146 e. The number of anilines is 1. The van der Waals surface area contributed by atoms with Gasteiger partial charge in [-0.3, -0.25) is 0 Å². The Bertz CT molecular complexity index is 519. The number of fused-ring (bicyclic) bond motifs is 1. The van der Waals surface area contributed by atoms with Crippen LogP contribution in [0.3, 0.4) is 0 Å². The SMILES string of the molecule is Cc1ccnc(N2C[C@H]3CCC(N)C[C@H]3C2)c1C#N. The topological polar surface area (TPSA) is 65.9 Å². The lowest BCUT2D eigenvalue weighted by atomic mass is 9.79. The highest BCUT2D eigenvalue weighted by Crippen LogP contribution is 2.38. The summed E-state index contributed by atoms with van der Waals surface area (Å²) >= 11 is 0. The van der Waals surface area contributed by atoms with Gasteiger partial charge in [-0.25, -0.2) is 4.98 Å². The van der Waals surface area contributed by atoms with E-state index in [2.05, 4.69) is 16.0 Å². The van der Waals surface area contributed by atoms with Gasteiger partial charge in [0.2, 0.25) is 0 Å². The van der Waals surface area contributed by atoms with Gasteiger partial charge < -0.3 is 10.6 Å². The van der Waals surface area contributed by atoms with E-state index in [-0.39, 0.29) is 0 Å². The fraction of sp³-hybridized carbons (Fsp3) is 0.600. The zero-order valence-electron chi connectivity index (χ0n) is 11.3. The van der Waals surface area contributed by atoms with Gasteiger partial charge in [0.05, 0.1) is 5.56 Å². The summed E-state index contributed by atoms with van der Waals surface area (Å²) in [4.78, 5) is 6.73. The summed E-state index contributed by atoms with van der Waals surface area (Å²) in [5.74, 6) is 2.27. The highest BCUT2D eigenvalue weighted by Gasteiger charge is 2.37. The number of nitrogens with two attached hydrogens (primary N) is 1. The van der Waals surface area contributed by atoms with E-state index in [0.29, 0.717) is 12.0 Å². The number of aryl methyl sites for hydroxylation is 1. The van der Waals surface area contributed by atoms with E-state index in [1.54, 1.807) is 6.20 Å². The standard InChI is InChI=1S/C15H20N4/c1-10-4-5-18-15(14(10)7-16)19-8-11-2-3-13(17)6-12(11)9-19/h4-5,11-13H,2-3,6,8-9,17H2,1H3/t11-,12+,13?/m1/s1. The van der Waals surface area contributed by atoms with Gasteiger partial charge in [0, 0.05) is 25.3 Å². The van der Waals surface area contributed by atoms with E-state index in [1.165, 1.54) is 6.42 Å². The highest BCUT2D eigenvalue weighted by atomic mass is 15.2. The number of nitriles is 1. The molecular formula is C15H20N4. The molecule has 0 amide bonds. The van der Waals surface area contributed by atoms with Gasteiger partial charge in [0.15, 0.2) is 0 Å². The Labute approximate surface area is 114 Å². The molecule has 0 spiro atoms. The van der Waals surface area contributed by atoms with E-state index < -0.39 is 0 Å². The lowest BCUT2D eigenvalue weighted by Crippen LogP contribution is -2.32. The minimum absolute atomic E-state index is 0.363. The van der Waals surface area contributed by atoms with Crippen molar-refractivity contribution in [2.75, 3.05) is 18.0 Å². The van der Waals surface area contributed by atoms with Gasteiger partial charge in [-0.05, 0) is 49.7 Å². The average Bonchev–Trinajstić information content (AvgIpc) is 2.81. The molecule has 4 nitrogen and oxygen atoms in total. The lowest BCUT2D eigenvalue weighted by molar-refractivity contribution is 0.271. The summed E-state index contributed by atoms with van der Waals surface area (Å²) in [5, 5.41) is 9.32. The molecule has 1 aromatic heterocycles. The van der Waals surface area contributed by atoms with Crippen molar-refractivity contribution in [3.8, 4) is 6.07 Å². The van der Waals surface area contributed by atoms with Crippen molar-refractivity contribution in [1.29, 1.82) is 5.26 Å². The van der Waals surface area contributed by atoms with Gasteiger partial charge in [-0.1, -0.05) is 0 Å². The molecule has 2 fully saturated rings.